The summed E-state index contributed by atoms with van der Waals surface area (Å²) in [4.78, 5) is 24.4. The standard InChI is InChI=1S/C13H14BrNO4/c14-9-3-1-2-8(4-9)5-12(17)15-7-10(16)6-11(15)13(18)19/h1-4,10-11,16H,5-7H2,(H,18,19). The Morgan fingerprint density at radius 2 is 2.16 bits per heavy atom. The number of β-amino-alcohol motifs (C(OH)–C–C–N with tert-alkyl or cyclic N) is 1. The lowest BCUT2D eigenvalue weighted by atomic mass is 10.1. The van der Waals surface area contributed by atoms with Gasteiger partial charge in [0.05, 0.1) is 12.5 Å². The number of nitrogens with zero attached hydrogens (tertiary/aromatic N) is 1. The van der Waals surface area contributed by atoms with Gasteiger partial charge in [-0.2, -0.15) is 0 Å². The van der Waals surface area contributed by atoms with Crippen LogP contribution in [0.25, 0.3) is 0 Å². The molecular formula is C13H14BrNO4. The van der Waals surface area contributed by atoms with Gasteiger partial charge in [0.15, 0.2) is 0 Å². The molecular weight excluding hydrogens is 314 g/mol. The van der Waals surface area contributed by atoms with Crippen molar-refractivity contribution in [1.29, 1.82) is 0 Å². The minimum absolute atomic E-state index is 0.0871. The summed E-state index contributed by atoms with van der Waals surface area (Å²) in [5.41, 5.74) is 0.810. The van der Waals surface area contributed by atoms with Crippen LogP contribution in [0.1, 0.15) is 12.0 Å². The molecule has 2 rings (SSSR count). The summed E-state index contributed by atoms with van der Waals surface area (Å²) in [6, 6.07) is 6.38. The molecule has 0 saturated carbocycles. The van der Waals surface area contributed by atoms with E-state index in [0.717, 1.165) is 10.0 Å². The van der Waals surface area contributed by atoms with E-state index in [4.69, 9.17) is 5.11 Å². The van der Waals surface area contributed by atoms with Crippen LogP contribution in [-0.4, -0.2) is 45.7 Å². The molecule has 0 spiro atoms. The van der Waals surface area contributed by atoms with Crippen molar-refractivity contribution in [1.82, 2.24) is 4.90 Å². The number of aliphatic hydroxyl groups is 1. The first-order chi connectivity index (χ1) is 8.97. The molecule has 0 bridgehead atoms. The molecule has 1 saturated heterocycles. The van der Waals surface area contributed by atoms with Gasteiger partial charge in [-0.3, -0.25) is 4.79 Å². The molecule has 1 fully saturated rings. The minimum atomic E-state index is -1.07. The van der Waals surface area contributed by atoms with Crippen molar-refractivity contribution in [2.75, 3.05) is 6.54 Å². The Balaban J connectivity index is 2.09. The quantitative estimate of drug-likeness (QED) is 0.869. The second-order valence-electron chi connectivity index (χ2n) is 4.60. The predicted octanol–water partition coefficient (Wildman–Crippen LogP) is 1.04. The number of amides is 1. The third kappa shape index (κ3) is 3.33. The number of aliphatic hydroxyl groups excluding tert-OH is 1. The van der Waals surface area contributed by atoms with Crippen molar-refractivity contribution >= 4 is 27.8 Å². The second-order valence-corrected chi connectivity index (χ2v) is 5.51. The van der Waals surface area contributed by atoms with Crippen LogP contribution in [0.2, 0.25) is 0 Å². The van der Waals surface area contributed by atoms with Crippen LogP contribution in [0.5, 0.6) is 0 Å². The highest BCUT2D eigenvalue weighted by atomic mass is 79.9. The van der Waals surface area contributed by atoms with E-state index >= 15 is 0 Å². The van der Waals surface area contributed by atoms with Crippen molar-refractivity contribution in [3.05, 3.63) is 34.3 Å². The van der Waals surface area contributed by atoms with Gasteiger partial charge in [-0.05, 0) is 17.7 Å². The number of carbonyl (C=O) groups is 2. The third-order valence-electron chi connectivity index (χ3n) is 3.13. The van der Waals surface area contributed by atoms with Crippen molar-refractivity contribution in [3.8, 4) is 0 Å². The van der Waals surface area contributed by atoms with E-state index < -0.39 is 18.1 Å². The largest absolute Gasteiger partial charge is 0.480 e. The molecule has 0 radical (unpaired) electrons. The average Bonchev–Trinajstić information content (AvgIpc) is 2.71. The number of halogens is 1. The summed E-state index contributed by atoms with van der Waals surface area (Å²) in [6.07, 6.45) is -0.525. The first kappa shape index (κ1) is 14.0. The molecule has 19 heavy (non-hydrogen) atoms. The Hall–Kier alpha value is -1.40. The highest BCUT2D eigenvalue weighted by molar-refractivity contribution is 9.10. The number of carboxylic acids is 1. The highest BCUT2D eigenvalue weighted by Crippen LogP contribution is 2.20. The summed E-state index contributed by atoms with van der Waals surface area (Å²) in [5, 5.41) is 18.6. The number of hydrogen-bond donors (Lipinski definition) is 2. The van der Waals surface area contributed by atoms with E-state index in [-0.39, 0.29) is 25.3 Å². The lowest BCUT2D eigenvalue weighted by Gasteiger charge is -2.21. The third-order valence-corrected chi connectivity index (χ3v) is 3.62. The van der Waals surface area contributed by atoms with Crippen molar-refractivity contribution in [3.63, 3.8) is 0 Å². The highest BCUT2D eigenvalue weighted by Gasteiger charge is 2.38. The molecule has 1 aliphatic heterocycles. The van der Waals surface area contributed by atoms with Gasteiger partial charge in [-0.1, -0.05) is 28.1 Å². The Kier molecular flexibility index (Phi) is 4.21. The number of hydrogen-bond acceptors (Lipinski definition) is 3. The van der Waals surface area contributed by atoms with Gasteiger partial charge in [0.2, 0.25) is 5.91 Å². The number of benzene rings is 1. The van der Waals surface area contributed by atoms with Crippen LogP contribution in [-0.2, 0) is 16.0 Å². The summed E-state index contributed by atoms with van der Waals surface area (Å²) in [6.45, 7) is 0.0871. The van der Waals surface area contributed by atoms with E-state index in [1.54, 1.807) is 0 Å². The van der Waals surface area contributed by atoms with E-state index in [1.807, 2.05) is 24.3 Å². The molecule has 1 aliphatic rings. The number of likely N-dealkylation sites (tertiary alicyclic amines) is 1. The Morgan fingerprint density at radius 1 is 1.42 bits per heavy atom. The molecule has 0 aliphatic carbocycles. The number of carboxylic acid groups (broad SMARTS) is 1. The van der Waals surface area contributed by atoms with Crippen molar-refractivity contribution in [2.24, 2.45) is 0 Å². The van der Waals surface area contributed by atoms with Crippen molar-refractivity contribution < 1.29 is 19.8 Å². The molecule has 6 heteroatoms. The first-order valence-electron chi connectivity index (χ1n) is 5.92. The lowest BCUT2D eigenvalue weighted by molar-refractivity contribution is -0.148. The predicted molar refractivity (Wildman–Crippen MR) is 71.6 cm³/mol. The topological polar surface area (TPSA) is 77.8 Å². The molecule has 0 aromatic heterocycles. The number of carbonyl (C=O) groups excluding carboxylic acids is 1. The normalized spacial score (nSPS) is 22.5. The van der Waals surface area contributed by atoms with Gasteiger partial charge in [0, 0.05) is 17.4 Å². The molecule has 2 unspecified atom stereocenters. The average molecular weight is 328 g/mol. The maximum Gasteiger partial charge on any atom is 0.326 e. The summed E-state index contributed by atoms with van der Waals surface area (Å²) in [7, 11) is 0. The zero-order chi connectivity index (χ0) is 14.0. The number of aliphatic carboxylic acids is 1. The maximum atomic E-state index is 12.1. The molecule has 1 aromatic carbocycles. The van der Waals surface area contributed by atoms with Crippen LogP contribution in [0.3, 0.4) is 0 Å². The smallest absolute Gasteiger partial charge is 0.326 e. The second kappa shape index (κ2) is 5.71. The van der Waals surface area contributed by atoms with Crippen molar-refractivity contribution in [2.45, 2.75) is 25.0 Å². The summed E-state index contributed by atoms with van der Waals surface area (Å²) >= 11 is 3.32. The van der Waals surface area contributed by atoms with Gasteiger partial charge in [-0.15, -0.1) is 0 Å². The molecule has 102 valence electrons. The van der Waals surface area contributed by atoms with Gasteiger partial charge in [0.1, 0.15) is 6.04 Å². The van der Waals surface area contributed by atoms with Crippen LogP contribution in [0.15, 0.2) is 28.7 Å². The monoisotopic (exact) mass is 327 g/mol. The molecule has 1 aromatic rings. The molecule has 5 nitrogen and oxygen atoms in total. The first-order valence-corrected chi connectivity index (χ1v) is 6.71. The van der Waals surface area contributed by atoms with Crippen LogP contribution >= 0.6 is 15.9 Å². The summed E-state index contributed by atoms with van der Waals surface area (Å²) < 4.78 is 0.869. The van der Waals surface area contributed by atoms with E-state index in [1.165, 1.54) is 4.90 Å². The van der Waals surface area contributed by atoms with E-state index in [9.17, 15) is 14.7 Å². The zero-order valence-corrected chi connectivity index (χ0v) is 11.7. The number of rotatable bonds is 3. The van der Waals surface area contributed by atoms with Crippen LogP contribution < -0.4 is 0 Å². The Labute approximate surface area is 119 Å². The van der Waals surface area contributed by atoms with Gasteiger partial charge >= 0.3 is 5.97 Å². The van der Waals surface area contributed by atoms with E-state index in [2.05, 4.69) is 15.9 Å². The Bertz CT molecular complexity index is 505. The fraction of sp³-hybridized carbons (Fsp3) is 0.385. The molecule has 1 amide bonds. The van der Waals surface area contributed by atoms with Gasteiger partial charge in [0.25, 0.3) is 0 Å². The fourth-order valence-electron chi connectivity index (χ4n) is 2.25. The zero-order valence-electron chi connectivity index (χ0n) is 10.1. The SMILES string of the molecule is O=C(O)C1CC(O)CN1C(=O)Cc1cccc(Br)c1. The molecule has 1 heterocycles. The van der Waals surface area contributed by atoms with Gasteiger partial charge < -0.3 is 15.1 Å². The van der Waals surface area contributed by atoms with Gasteiger partial charge in [-0.25, -0.2) is 4.79 Å². The van der Waals surface area contributed by atoms with E-state index in [0.29, 0.717) is 0 Å². The van der Waals surface area contributed by atoms with Crippen LogP contribution in [0, 0.1) is 0 Å². The lowest BCUT2D eigenvalue weighted by Crippen LogP contribution is -2.41. The Morgan fingerprint density at radius 3 is 2.79 bits per heavy atom. The van der Waals surface area contributed by atoms with Crippen LogP contribution in [0.4, 0.5) is 0 Å². The fourth-order valence-corrected chi connectivity index (χ4v) is 2.69. The molecule has 2 N–H and O–H groups in total. The minimum Gasteiger partial charge on any atom is -0.480 e. The molecule has 2 atom stereocenters. The maximum absolute atomic E-state index is 12.1. The summed E-state index contributed by atoms with van der Waals surface area (Å²) in [5.74, 6) is -1.35.